The first-order valence-corrected chi connectivity index (χ1v) is 10.7. The fraction of sp³-hybridized carbons (Fsp3) is 0.458. The zero-order valence-electron chi connectivity index (χ0n) is 16.9. The van der Waals surface area contributed by atoms with Crippen LogP contribution in [0.15, 0.2) is 48.5 Å². The standard InChI is InChI=1S/C24H30N2O3/c27-24(28)21-8-5-13-25(18-21)14-16-29-17-15-26-22-9-3-1-6-19(22)11-12-20-7-2-4-10-23(20)26/h1-4,6-7,9-10,21H,5,8,11-18H2,(H,27,28). The zero-order valence-corrected chi connectivity index (χ0v) is 16.9. The number of aryl methyl sites for hydroxylation is 2. The van der Waals surface area contributed by atoms with E-state index >= 15 is 0 Å². The van der Waals surface area contributed by atoms with Crippen LogP contribution >= 0.6 is 0 Å². The molecule has 0 saturated carbocycles. The Balaban J connectivity index is 1.33. The van der Waals surface area contributed by atoms with Crippen LogP contribution in [-0.2, 0) is 22.4 Å². The Kier molecular flexibility index (Phi) is 6.47. The molecule has 2 aromatic rings. The number of hydrogen-bond acceptors (Lipinski definition) is 4. The zero-order chi connectivity index (χ0) is 20.1. The lowest BCUT2D eigenvalue weighted by molar-refractivity contribution is -0.143. The quantitative estimate of drug-likeness (QED) is 0.725. The van der Waals surface area contributed by atoms with Gasteiger partial charge in [0.1, 0.15) is 0 Å². The molecular formula is C24H30N2O3. The van der Waals surface area contributed by atoms with Crippen molar-refractivity contribution >= 4 is 17.3 Å². The molecule has 1 atom stereocenters. The molecule has 1 fully saturated rings. The van der Waals surface area contributed by atoms with Gasteiger partial charge in [-0.15, -0.1) is 0 Å². The van der Waals surface area contributed by atoms with Gasteiger partial charge in [-0.25, -0.2) is 0 Å². The summed E-state index contributed by atoms with van der Waals surface area (Å²) in [6.45, 7) is 4.52. The summed E-state index contributed by atoms with van der Waals surface area (Å²) in [5.74, 6) is -0.900. The van der Waals surface area contributed by atoms with Gasteiger partial charge in [-0.05, 0) is 55.5 Å². The molecule has 5 nitrogen and oxygen atoms in total. The van der Waals surface area contributed by atoms with E-state index in [1.165, 1.54) is 22.5 Å². The van der Waals surface area contributed by atoms with E-state index in [9.17, 15) is 9.90 Å². The van der Waals surface area contributed by atoms with Crippen LogP contribution in [0, 0.1) is 5.92 Å². The molecule has 2 aliphatic heterocycles. The van der Waals surface area contributed by atoms with E-state index < -0.39 is 5.97 Å². The molecule has 2 heterocycles. The predicted molar refractivity (Wildman–Crippen MR) is 115 cm³/mol. The molecule has 1 saturated heterocycles. The van der Waals surface area contributed by atoms with Crippen molar-refractivity contribution in [3.8, 4) is 0 Å². The largest absolute Gasteiger partial charge is 0.481 e. The molecule has 5 heteroatoms. The Hall–Kier alpha value is -2.37. The van der Waals surface area contributed by atoms with Crippen LogP contribution in [0.2, 0.25) is 0 Å². The van der Waals surface area contributed by atoms with Gasteiger partial charge in [0.2, 0.25) is 0 Å². The molecule has 0 spiro atoms. The second-order valence-corrected chi connectivity index (χ2v) is 8.00. The fourth-order valence-electron chi connectivity index (χ4n) is 4.52. The van der Waals surface area contributed by atoms with Gasteiger partial charge in [-0.2, -0.15) is 0 Å². The number of carboxylic acids is 1. The van der Waals surface area contributed by atoms with E-state index in [1.54, 1.807) is 0 Å². The molecule has 0 amide bonds. The SMILES string of the molecule is O=C(O)C1CCCN(CCOCCN2c3ccccc3CCc3ccccc32)C1. The normalized spacial score (nSPS) is 19.3. The number of hydrogen-bond donors (Lipinski definition) is 1. The van der Waals surface area contributed by atoms with Crippen molar-refractivity contribution in [1.82, 2.24) is 4.90 Å². The maximum atomic E-state index is 11.2. The first-order valence-electron chi connectivity index (χ1n) is 10.7. The Labute approximate surface area is 172 Å². The molecule has 2 aromatic carbocycles. The number of anilines is 2. The number of ether oxygens (including phenoxy) is 1. The summed E-state index contributed by atoms with van der Waals surface area (Å²) < 4.78 is 5.97. The number of fused-ring (bicyclic) bond motifs is 2. The maximum Gasteiger partial charge on any atom is 0.307 e. The van der Waals surface area contributed by atoms with Crippen molar-refractivity contribution in [3.05, 3.63) is 59.7 Å². The number of aliphatic carboxylic acids is 1. The van der Waals surface area contributed by atoms with Gasteiger partial charge in [0.05, 0.1) is 19.1 Å². The van der Waals surface area contributed by atoms with Gasteiger partial charge in [0, 0.05) is 31.0 Å². The summed E-state index contributed by atoms with van der Waals surface area (Å²) in [7, 11) is 0. The number of likely N-dealkylation sites (tertiary alicyclic amines) is 1. The van der Waals surface area contributed by atoms with Gasteiger partial charge < -0.3 is 19.6 Å². The van der Waals surface area contributed by atoms with Crippen LogP contribution in [0.1, 0.15) is 24.0 Å². The smallest absolute Gasteiger partial charge is 0.307 e. The van der Waals surface area contributed by atoms with E-state index in [2.05, 4.69) is 58.3 Å². The van der Waals surface area contributed by atoms with Gasteiger partial charge >= 0.3 is 5.97 Å². The number of para-hydroxylation sites is 2. The highest BCUT2D eigenvalue weighted by Gasteiger charge is 2.25. The summed E-state index contributed by atoms with van der Waals surface area (Å²) in [6, 6.07) is 17.3. The van der Waals surface area contributed by atoms with Crippen molar-refractivity contribution in [2.45, 2.75) is 25.7 Å². The highest BCUT2D eigenvalue weighted by molar-refractivity contribution is 5.71. The van der Waals surface area contributed by atoms with Gasteiger partial charge in [0.25, 0.3) is 0 Å². The van der Waals surface area contributed by atoms with Crippen LogP contribution < -0.4 is 4.90 Å². The molecule has 4 rings (SSSR count). The Morgan fingerprint density at radius 3 is 2.24 bits per heavy atom. The molecule has 1 N–H and O–H groups in total. The molecule has 2 aliphatic rings. The fourth-order valence-corrected chi connectivity index (χ4v) is 4.52. The van der Waals surface area contributed by atoms with Crippen LogP contribution in [0.5, 0.6) is 0 Å². The molecule has 1 unspecified atom stereocenters. The van der Waals surface area contributed by atoms with E-state index in [4.69, 9.17) is 4.74 Å². The summed E-state index contributed by atoms with van der Waals surface area (Å²) >= 11 is 0. The highest BCUT2D eigenvalue weighted by atomic mass is 16.5. The van der Waals surface area contributed by atoms with E-state index in [0.717, 1.165) is 45.3 Å². The number of rotatable bonds is 7. The van der Waals surface area contributed by atoms with Crippen LogP contribution in [0.3, 0.4) is 0 Å². The summed E-state index contributed by atoms with van der Waals surface area (Å²) in [4.78, 5) is 15.8. The molecule has 29 heavy (non-hydrogen) atoms. The lowest BCUT2D eigenvalue weighted by Crippen LogP contribution is -2.40. The van der Waals surface area contributed by atoms with Crippen LogP contribution in [0.4, 0.5) is 11.4 Å². The van der Waals surface area contributed by atoms with Crippen molar-refractivity contribution in [1.29, 1.82) is 0 Å². The third-order valence-electron chi connectivity index (χ3n) is 6.09. The van der Waals surface area contributed by atoms with Gasteiger partial charge in [0.15, 0.2) is 0 Å². The number of carboxylic acid groups (broad SMARTS) is 1. The minimum absolute atomic E-state index is 0.228. The number of piperidine rings is 1. The summed E-state index contributed by atoms with van der Waals surface area (Å²) in [6.07, 6.45) is 3.87. The average Bonchev–Trinajstić information content (AvgIpc) is 2.91. The summed E-state index contributed by atoms with van der Waals surface area (Å²) in [5.41, 5.74) is 5.33. The van der Waals surface area contributed by atoms with E-state index in [1.807, 2.05) is 0 Å². The summed E-state index contributed by atoms with van der Waals surface area (Å²) in [5, 5.41) is 9.23. The van der Waals surface area contributed by atoms with Crippen LogP contribution in [-0.4, -0.2) is 55.4 Å². The maximum absolute atomic E-state index is 11.2. The minimum Gasteiger partial charge on any atom is -0.481 e. The van der Waals surface area contributed by atoms with Crippen molar-refractivity contribution in [3.63, 3.8) is 0 Å². The third kappa shape index (κ3) is 4.80. The van der Waals surface area contributed by atoms with Crippen molar-refractivity contribution in [2.75, 3.05) is 44.3 Å². The Morgan fingerprint density at radius 1 is 0.966 bits per heavy atom. The number of benzene rings is 2. The molecule has 0 radical (unpaired) electrons. The molecule has 0 aliphatic carbocycles. The molecule has 0 bridgehead atoms. The lowest BCUT2D eigenvalue weighted by Gasteiger charge is -2.30. The topological polar surface area (TPSA) is 53.0 Å². The molecule has 0 aromatic heterocycles. The third-order valence-corrected chi connectivity index (χ3v) is 6.09. The predicted octanol–water partition coefficient (Wildman–Crippen LogP) is 3.74. The monoisotopic (exact) mass is 394 g/mol. The average molecular weight is 395 g/mol. The van der Waals surface area contributed by atoms with Gasteiger partial charge in [-0.1, -0.05) is 36.4 Å². The van der Waals surface area contributed by atoms with E-state index in [0.29, 0.717) is 19.8 Å². The van der Waals surface area contributed by atoms with E-state index in [-0.39, 0.29) is 5.92 Å². The first-order chi connectivity index (χ1) is 14.2. The molecule has 154 valence electrons. The molecular weight excluding hydrogens is 364 g/mol. The second-order valence-electron chi connectivity index (χ2n) is 8.00. The number of carbonyl (C=O) groups is 1. The Morgan fingerprint density at radius 2 is 1.59 bits per heavy atom. The Bertz CT molecular complexity index is 791. The first kappa shape index (κ1) is 19.9. The number of nitrogens with zero attached hydrogens (tertiary/aromatic N) is 2. The minimum atomic E-state index is -0.672. The van der Waals surface area contributed by atoms with Crippen molar-refractivity contribution < 1.29 is 14.6 Å². The van der Waals surface area contributed by atoms with Crippen LogP contribution in [0.25, 0.3) is 0 Å². The highest BCUT2D eigenvalue weighted by Crippen LogP contribution is 2.35. The second kappa shape index (κ2) is 9.42. The van der Waals surface area contributed by atoms with Gasteiger partial charge in [-0.3, -0.25) is 4.79 Å². The lowest BCUT2D eigenvalue weighted by atomic mass is 9.98. The van der Waals surface area contributed by atoms with Crippen molar-refractivity contribution in [2.24, 2.45) is 5.92 Å².